The third-order valence-corrected chi connectivity index (χ3v) is 5.20. The number of unbranched alkanes of at least 4 members (excludes halogenated alkanes) is 9. The van der Waals surface area contributed by atoms with Crippen molar-refractivity contribution in [3.63, 3.8) is 0 Å². The summed E-state index contributed by atoms with van der Waals surface area (Å²) in [6.45, 7) is 2.24. The fraction of sp³-hybridized carbons (Fsp3) is 0.818. The van der Waals surface area contributed by atoms with Crippen LogP contribution in [0.5, 0.6) is 0 Å². The molecule has 0 aromatic heterocycles. The average Bonchev–Trinajstić information content (AvgIpc) is 2.62. The molecule has 1 fully saturated rings. The van der Waals surface area contributed by atoms with Crippen molar-refractivity contribution in [1.82, 2.24) is 0 Å². The number of amides is 1. The van der Waals surface area contributed by atoms with Crippen LogP contribution in [-0.4, -0.2) is 18.0 Å². The maximum atomic E-state index is 12.3. The molecule has 1 rings (SSSR count). The second-order valence-electron chi connectivity index (χ2n) is 7.67. The third kappa shape index (κ3) is 11.3. The monoisotopic (exact) mass is 365 g/mol. The summed E-state index contributed by atoms with van der Waals surface area (Å²) in [5.74, 6) is -0.903. The normalized spacial score (nSPS) is 15.8. The van der Waals surface area contributed by atoms with Crippen LogP contribution in [0.4, 0.5) is 0 Å². The number of hydrogen-bond donors (Lipinski definition) is 1. The quantitative estimate of drug-likeness (QED) is 0.248. The van der Waals surface area contributed by atoms with E-state index in [0.717, 1.165) is 38.5 Å². The molecule has 26 heavy (non-hydrogen) atoms. The molecule has 2 N–H and O–H groups in total. The van der Waals surface area contributed by atoms with Crippen LogP contribution in [0.25, 0.3) is 0 Å². The van der Waals surface area contributed by atoms with Crippen molar-refractivity contribution in [2.45, 2.75) is 116 Å². The predicted molar refractivity (Wildman–Crippen MR) is 107 cm³/mol. The maximum absolute atomic E-state index is 12.3. The molecule has 0 heterocycles. The van der Waals surface area contributed by atoms with Crippen LogP contribution in [0.15, 0.2) is 11.6 Å². The SMILES string of the molecule is CCCCCCCCCCCCC(=CC(N)=O)C(=O)OC1CCCCC1. The van der Waals surface area contributed by atoms with Crippen molar-refractivity contribution < 1.29 is 14.3 Å². The second kappa shape index (κ2) is 14.8. The molecule has 150 valence electrons. The third-order valence-electron chi connectivity index (χ3n) is 5.20. The molecule has 0 radical (unpaired) electrons. The summed E-state index contributed by atoms with van der Waals surface area (Å²) >= 11 is 0. The molecule has 4 heteroatoms. The molecule has 0 aliphatic heterocycles. The number of esters is 1. The van der Waals surface area contributed by atoms with Gasteiger partial charge in [0.25, 0.3) is 0 Å². The highest BCUT2D eigenvalue weighted by Crippen LogP contribution is 2.22. The average molecular weight is 366 g/mol. The highest BCUT2D eigenvalue weighted by atomic mass is 16.5. The molecular formula is C22H39NO3. The summed E-state index contributed by atoms with van der Waals surface area (Å²) in [6.07, 6.45) is 19.6. The molecule has 0 saturated heterocycles. The molecule has 0 bridgehead atoms. The Morgan fingerprint density at radius 1 is 0.885 bits per heavy atom. The van der Waals surface area contributed by atoms with Crippen molar-refractivity contribution in [3.05, 3.63) is 11.6 Å². The van der Waals surface area contributed by atoms with Gasteiger partial charge < -0.3 is 10.5 Å². The van der Waals surface area contributed by atoms with E-state index in [2.05, 4.69) is 6.92 Å². The summed E-state index contributed by atoms with van der Waals surface area (Å²) in [5, 5.41) is 0. The molecule has 0 unspecified atom stereocenters. The first kappa shape index (κ1) is 22.7. The van der Waals surface area contributed by atoms with Gasteiger partial charge in [0.1, 0.15) is 6.10 Å². The van der Waals surface area contributed by atoms with Gasteiger partial charge in [0.05, 0.1) is 0 Å². The Labute approximate surface area is 159 Å². The summed E-state index contributed by atoms with van der Waals surface area (Å²) in [5.41, 5.74) is 5.71. The van der Waals surface area contributed by atoms with Crippen LogP contribution in [0.1, 0.15) is 110 Å². The lowest BCUT2D eigenvalue weighted by molar-refractivity contribution is -0.146. The fourth-order valence-electron chi connectivity index (χ4n) is 3.62. The van der Waals surface area contributed by atoms with Gasteiger partial charge in [-0.2, -0.15) is 0 Å². The zero-order chi connectivity index (χ0) is 19.0. The number of nitrogens with two attached hydrogens (primary N) is 1. The molecule has 0 spiro atoms. The van der Waals surface area contributed by atoms with Gasteiger partial charge in [0.15, 0.2) is 0 Å². The first-order chi connectivity index (χ1) is 12.6. The van der Waals surface area contributed by atoms with E-state index < -0.39 is 5.91 Å². The molecule has 1 aliphatic rings. The molecular weight excluding hydrogens is 326 g/mol. The van der Waals surface area contributed by atoms with E-state index in [0.29, 0.717) is 12.0 Å². The van der Waals surface area contributed by atoms with Crippen molar-refractivity contribution >= 4 is 11.9 Å². The van der Waals surface area contributed by atoms with Crippen LogP contribution in [-0.2, 0) is 14.3 Å². The smallest absolute Gasteiger partial charge is 0.334 e. The van der Waals surface area contributed by atoms with E-state index in [1.807, 2.05) is 0 Å². The minimum Gasteiger partial charge on any atom is -0.459 e. The topological polar surface area (TPSA) is 69.4 Å². The molecule has 0 aromatic carbocycles. The highest BCUT2D eigenvalue weighted by molar-refractivity contribution is 5.97. The second-order valence-corrected chi connectivity index (χ2v) is 7.67. The van der Waals surface area contributed by atoms with Crippen LogP contribution in [0.2, 0.25) is 0 Å². The van der Waals surface area contributed by atoms with Gasteiger partial charge in [0.2, 0.25) is 5.91 Å². The summed E-state index contributed by atoms with van der Waals surface area (Å²) in [7, 11) is 0. The van der Waals surface area contributed by atoms with E-state index in [-0.39, 0.29) is 12.1 Å². The summed E-state index contributed by atoms with van der Waals surface area (Å²) in [4.78, 5) is 23.6. The van der Waals surface area contributed by atoms with E-state index >= 15 is 0 Å². The first-order valence-electron chi connectivity index (χ1n) is 10.8. The molecule has 1 amide bonds. The Morgan fingerprint density at radius 2 is 1.42 bits per heavy atom. The molecule has 1 aliphatic carbocycles. The van der Waals surface area contributed by atoms with E-state index in [1.165, 1.54) is 63.9 Å². The fourth-order valence-corrected chi connectivity index (χ4v) is 3.62. The van der Waals surface area contributed by atoms with Gasteiger partial charge in [-0.25, -0.2) is 4.79 Å². The van der Waals surface area contributed by atoms with Crippen LogP contribution >= 0.6 is 0 Å². The number of primary amides is 1. The van der Waals surface area contributed by atoms with Gasteiger partial charge in [-0.15, -0.1) is 0 Å². The van der Waals surface area contributed by atoms with Crippen molar-refractivity contribution in [3.8, 4) is 0 Å². The lowest BCUT2D eigenvalue weighted by atomic mass is 9.97. The predicted octanol–water partition coefficient (Wildman–Crippen LogP) is 5.59. The Bertz CT molecular complexity index is 425. The Hall–Kier alpha value is -1.32. The van der Waals surface area contributed by atoms with Gasteiger partial charge >= 0.3 is 5.97 Å². The lowest BCUT2D eigenvalue weighted by Gasteiger charge is -2.22. The van der Waals surface area contributed by atoms with Crippen LogP contribution in [0, 0.1) is 0 Å². The number of carbonyl (C=O) groups is 2. The van der Waals surface area contributed by atoms with E-state index in [9.17, 15) is 9.59 Å². The summed E-state index contributed by atoms with van der Waals surface area (Å²) in [6, 6.07) is 0. The maximum Gasteiger partial charge on any atom is 0.334 e. The zero-order valence-corrected chi connectivity index (χ0v) is 16.8. The highest BCUT2D eigenvalue weighted by Gasteiger charge is 2.20. The Morgan fingerprint density at radius 3 is 1.96 bits per heavy atom. The largest absolute Gasteiger partial charge is 0.459 e. The van der Waals surface area contributed by atoms with Crippen LogP contribution < -0.4 is 5.73 Å². The minimum absolute atomic E-state index is 0.0141. The molecule has 1 saturated carbocycles. The van der Waals surface area contributed by atoms with Gasteiger partial charge in [0, 0.05) is 11.6 Å². The number of hydrogen-bond acceptors (Lipinski definition) is 3. The van der Waals surface area contributed by atoms with E-state index in [1.54, 1.807) is 0 Å². The molecule has 4 nitrogen and oxygen atoms in total. The molecule has 0 atom stereocenters. The number of carbonyl (C=O) groups excluding carboxylic acids is 2. The van der Waals surface area contributed by atoms with Crippen molar-refractivity contribution in [2.75, 3.05) is 0 Å². The zero-order valence-electron chi connectivity index (χ0n) is 16.8. The van der Waals surface area contributed by atoms with Crippen LogP contribution in [0.3, 0.4) is 0 Å². The number of rotatable bonds is 14. The summed E-state index contributed by atoms with van der Waals surface area (Å²) < 4.78 is 5.58. The Kier molecular flexibility index (Phi) is 12.9. The minimum atomic E-state index is -0.562. The van der Waals surface area contributed by atoms with Crippen molar-refractivity contribution in [1.29, 1.82) is 0 Å². The van der Waals surface area contributed by atoms with Gasteiger partial charge in [-0.05, 0) is 38.5 Å². The van der Waals surface area contributed by atoms with Crippen molar-refractivity contribution in [2.24, 2.45) is 5.73 Å². The standard InChI is InChI=1S/C22H39NO3/c1-2-3-4-5-6-7-8-9-10-12-15-19(18-21(23)24)22(25)26-20-16-13-11-14-17-20/h18,20H,2-17H2,1H3,(H2,23,24). The molecule has 0 aromatic rings. The van der Waals surface area contributed by atoms with Gasteiger partial charge in [-0.3, -0.25) is 4.79 Å². The lowest BCUT2D eigenvalue weighted by Crippen LogP contribution is -2.23. The first-order valence-corrected chi connectivity index (χ1v) is 10.8. The van der Waals surface area contributed by atoms with Gasteiger partial charge in [-0.1, -0.05) is 71.1 Å². The Balaban J connectivity index is 2.19. The number of ether oxygens (including phenoxy) is 1. The van der Waals surface area contributed by atoms with E-state index in [4.69, 9.17) is 10.5 Å².